The van der Waals surface area contributed by atoms with Crippen molar-refractivity contribution in [1.82, 2.24) is 9.78 Å². The summed E-state index contributed by atoms with van der Waals surface area (Å²) < 4.78 is 65.6. The lowest BCUT2D eigenvalue weighted by Gasteiger charge is -2.13. The van der Waals surface area contributed by atoms with Crippen molar-refractivity contribution in [1.29, 1.82) is 0 Å². The Hall–Kier alpha value is -3.34. The lowest BCUT2D eigenvalue weighted by atomic mass is 10.2. The predicted molar refractivity (Wildman–Crippen MR) is 107 cm³/mol. The molecule has 0 aliphatic carbocycles. The summed E-state index contributed by atoms with van der Waals surface area (Å²) in [5, 5.41) is 9.93. The first-order chi connectivity index (χ1) is 14.3. The van der Waals surface area contributed by atoms with Gasteiger partial charge >= 0.3 is 0 Å². The molecular weight excluding hydrogens is 424 g/mol. The maximum Gasteiger partial charge on any atom is 0.194 e. The maximum atomic E-state index is 13.8. The minimum atomic E-state index is -1.74. The number of methoxy groups -OCH3 is 2. The van der Waals surface area contributed by atoms with E-state index in [-0.39, 0.29) is 11.2 Å². The molecule has 1 heterocycles. The molecule has 1 aromatic heterocycles. The number of rotatable bonds is 6. The van der Waals surface area contributed by atoms with Crippen LogP contribution in [-0.4, -0.2) is 29.1 Å². The van der Waals surface area contributed by atoms with Gasteiger partial charge in [0.25, 0.3) is 0 Å². The highest BCUT2D eigenvalue weighted by Gasteiger charge is 2.19. The first-order valence-corrected chi connectivity index (χ1v) is 8.87. The van der Waals surface area contributed by atoms with E-state index in [4.69, 9.17) is 21.7 Å². The number of halogens is 4. The van der Waals surface area contributed by atoms with Crippen molar-refractivity contribution in [3.63, 3.8) is 0 Å². The molecule has 0 spiro atoms. The Morgan fingerprint density at radius 3 is 2.50 bits per heavy atom. The Balaban J connectivity index is 1.69. The molecule has 30 heavy (non-hydrogen) atoms. The minimum absolute atomic E-state index is 0.197. The van der Waals surface area contributed by atoms with E-state index >= 15 is 0 Å². The second kappa shape index (κ2) is 8.99. The maximum absolute atomic E-state index is 13.8. The van der Waals surface area contributed by atoms with Gasteiger partial charge in [0.2, 0.25) is 0 Å². The Bertz CT molecular complexity index is 1090. The van der Waals surface area contributed by atoms with Gasteiger partial charge in [0.1, 0.15) is 17.3 Å². The summed E-state index contributed by atoms with van der Waals surface area (Å²) in [5.41, 5.74) is 0.338. The number of hydrogen-bond donors (Lipinski definition) is 2. The van der Waals surface area contributed by atoms with E-state index < -0.39 is 35.4 Å². The second-order valence-corrected chi connectivity index (χ2v) is 6.43. The van der Waals surface area contributed by atoms with Gasteiger partial charge in [-0.1, -0.05) is 0 Å². The van der Waals surface area contributed by atoms with Gasteiger partial charge in [-0.15, -0.1) is 0 Å². The zero-order valence-electron chi connectivity index (χ0n) is 15.8. The van der Waals surface area contributed by atoms with Gasteiger partial charge in [0, 0.05) is 23.9 Å². The molecule has 3 rings (SSSR count). The molecule has 0 aliphatic heterocycles. The van der Waals surface area contributed by atoms with Crippen LogP contribution in [0.1, 0.15) is 5.56 Å². The molecule has 6 nitrogen and oxygen atoms in total. The number of benzene rings is 2. The van der Waals surface area contributed by atoms with Gasteiger partial charge in [0.15, 0.2) is 22.6 Å². The number of thiocarbonyl (C=S) groups is 1. The van der Waals surface area contributed by atoms with Gasteiger partial charge in [-0.3, -0.25) is 4.68 Å². The van der Waals surface area contributed by atoms with E-state index in [1.54, 1.807) is 18.2 Å². The molecule has 0 aliphatic rings. The van der Waals surface area contributed by atoms with Crippen LogP contribution in [0.4, 0.5) is 28.9 Å². The highest BCUT2D eigenvalue weighted by Crippen LogP contribution is 2.29. The van der Waals surface area contributed by atoms with Crippen LogP contribution in [0, 0.1) is 23.3 Å². The van der Waals surface area contributed by atoms with E-state index in [0.29, 0.717) is 22.9 Å². The van der Waals surface area contributed by atoms with Gasteiger partial charge in [-0.05, 0) is 24.4 Å². The van der Waals surface area contributed by atoms with Crippen LogP contribution in [0.25, 0.3) is 0 Å². The highest BCUT2D eigenvalue weighted by molar-refractivity contribution is 7.80. The first kappa shape index (κ1) is 21.4. The van der Waals surface area contributed by atoms with Crippen LogP contribution in [-0.2, 0) is 6.54 Å². The largest absolute Gasteiger partial charge is 0.497 e. The number of nitrogens with one attached hydrogen (secondary N) is 2. The van der Waals surface area contributed by atoms with Crippen molar-refractivity contribution < 1.29 is 27.0 Å². The summed E-state index contributed by atoms with van der Waals surface area (Å²) in [7, 11) is 3.03. The molecule has 158 valence electrons. The SMILES string of the molecule is COc1ccc(NC(=S)Nc2cnn(Cc3c(F)cc(F)c(F)c3F)c2)c(OC)c1. The van der Waals surface area contributed by atoms with Crippen LogP contribution >= 0.6 is 12.2 Å². The third kappa shape index (κ3) is 4.62. The number of nitrogens with zero attached hydrogens (tertiary/aromatic N) is 2. The van der Waals surface area contributed by atoms with Crippen molar-refractivity contribution in [3.8, 4) is 11.5 Å². The Kier molecular flexibility index (Phi) is 6.40. The summed E-state index contributed by atoms with van der Waals surface area (Å²) in [5.74, 6) is -5.04. The van der Waals surface area contributed by atoms with Crippen molar-refractivity contribution in [2.24, 2.45) is 0 Å². The third-order valence-electron chi connectivity index (χ3n) is 4.08. The Morgan fingerprint density at radius 1 is 1.03 bits per heavy atom. The van der Waals surface area contributed by atoms with Gasteiger partial charge in [-0.2, -0.15) is 5.10 Å². The number of hydrogen-bond acceptors (Lipinski definition) is 4. The third-order valence-corrected chi connectivity index (χ3v) is 4.28. The molecule has 0 bridgehead atoms. The van der Waals surface area contributed by atoms with Crippen LogP contribution < -0.4 is 20.1 Å². The van der Waals surface area contributed by atoms with Crippen LogP contribution in [0.5, 0.6) is 11.5 Å². The zero-order valence-corrected chi connectivity index (χ0v) is 16.6. The lowest BCUT2D eigenvalue weighted by Crippen LogP contribution is -2.19. The Morgan fingerprint density at radius 2 is 1.80 bits per heavy atom. The highest BCUT2D eigenvalue weighted by atomic mass is 32.1. The van der Waals surface area contributed by atoms with Crippen molar-refractivity contribution in [2.45, 2.75) is 6.54 Å². The summed E-state index contributed by atoms with van der Waals surface area (Å²) in [6, 6.07) is 5.39. The number of anilines is 2. The molecule has 2 aromatic carbocycles. The van der Waals surface area contributed by atoms with Crippen LogP contribution in [0.15, 0.2) is 36.7 Å². The smallest absolute Gasteiger partial charge is 0.194 e. The summed E-state index contributed by atoms with van der Waals surface area (Å²) in [6.45, 7) is -0.441. The molecular formula is C19H16F4N4O2S. The van der Waals surface area contributed by atoms with Crippen molar-refractivity contribution >= 4 is 28.7 Å². The molecule has 0 unspecified atom stereocenters. The topological polar surface area (TPSA) is 60.3 Å². The molecule has 2 N–H and O–H groups in total. The van der Waals surface area contributed by atoms with E-state index in [0.717, 1.165) is 4.68 Å². The van der Waals surface area contributed by atoms with Crippen molar-refractivity contribution in [2.75, 3.05) is 24.9 Å². The van der Waals surface area contributed by atoms with Gasteiger partial charge < -0.3 is 20.1 Å². The fourth-order valence-electron chi connectivity index (χ4n) is 2.61. The van der Waals surface area contributed by atoms with Crippen molar-refractivity contribution in [3.05, 3.63) is 65.5 Å². The Labute approximate surface area is 174 Å². The first-order valence-electron chi connectivity index (χ1n) is 8.46. The fraction of sp³-hybridized carbons (Fsp3) is 0.158. The molecule has 0 amide bonds. The molecule has 0 saturated heterocycles. The average Bonchev–Trinajstić information content (AvgIpc) is 3.16. The lowest BCUT2D eigenvalue weighted by molar-refractivity contribution is 0.395. The average molecular weight is 440 g/mol. The molecule has 0 radical (unpaired) electrons. The molecule has 0 fully saturated rings. The summed E-state index contributed by atoms with van der Waals surface area (Å²) in [4.78, 5) is 0. The van der Waals surface area contributed by atoms with Crippen LogP contribution in [0.2, 0.25) is 0 Å². The molecule has 11 heteroatoms. The zero-order chi connectivity index (χ0) is 21.8. The standard InChI is InChI=1S/C19H16F4N4O2S/c1-28-11-3-4-15(16(5-11)29-2)26-19(30)25-10-7-24-27(8-10)9-12-13(20)6-14(21)18(23)17(12)22/h3-8H,9H2,1-2H3,(H2,25,26,30). The van der Waals surface area contributed by atoms with Gasteiger partial charge in [-0.25, -0.2) is 17.6 Å². The number of ether oxygens (including phenoxy) is 2. The summed E-state index contributed by atoms with van der Waals surface area (Å²) >= 11 is 5.24. The predicted octanol–water partition coefficient (Wildman–Crippen LogP) is 4.31. The minimum Gasteiger partial charge on any atom is -0.497 e. The van der Waals surface area contributed by atoms with E-state index in [9.17, 15) is 17.6 Å². The monoisotopic (exact) mass is 440 g/mol. The fourth-order valence-corrected chi connectivity index (χ4v) is 2.84. The molecule has 3 aromatic rings. The van der Waals surface area contributed by atoms with E-state index in [1.165, 1.54) is 26.6 Å². The van der Waals surface area contributed by atoms with Gasteiger partial charge in [0.05, 0.1) is 38.3 Å². The number of aromatic nitrogens is 2. The van der Waals surface area contributed by atoms with Crippen LogP contribution in [0.3, 0.4) is 0 Å². The second-order valence-electron chi connectivity index (χ2n) is 6.02. The van der Waals surface area contributed by atoms with E-state index in [1.807, 2.05) is 0 Å². The molecule has 0 atom stereocenters. The van der Waals surface area contributed by atoms with E-state index in [2.05, 4.69) is 15.7 Å². The quantitative estimate of drug-likeness (QED) is 0.258. The molecule has 0 saturated carbocycles. The normalized spacial score (nSPS) is 10.6. The summed E-state index contributed by atoms with van der Waals surface area (Å²) in [6.07, 6.45) is 2.76.